The molecular weight excluding hydrogens is 314 g/mol. The van der Waals surface area contributed by atoms with Crippen molar-refractivity contribution < 1.29 is 14.3 Å². The third-order valence-corrected chi connectivity index (χ3v) is 3.65. The Kier molecular flexibility index (Phi) is 5.28. The molecule has 2 N–H and O–H groups in total. The summed E-state index contributed by atoms with van der Waals surface area (Å²) in [7, 11) is 2.94. The van der Waals surface area contributed by atoms with E-state index in [1.54, 1.807) is 19.9 Å². The minimum Gasteiger partial charge on any atom is -0.493 e. The Labute approximate surface area is 138 Å². The van der Waals surface area contributed by atoms with Gasteiger partial charge >= 0.3 is 5.69 Å². The summed E-state index contributed by atoms with van der Waals surface area (Å²) in [5.74, 6) is 0.524. The summed E-state index contributed by atoms with van der Waals surface area (Å²) >= 11 is 0. The Hall–Kier alpha value is -2.77. The number of carbonyl (C=O) groups is 1. The Balaban J connectivity index is 2.40. The molecule has 1 aromatic heterocycles. The Morgan fingerprint density at radius 3 is 2.42 bits per heavy atom. The zero-order chi connectivity index (χ0) is 17.9. The number of ether oxygens (including phenoxy) is 2. The maximum Gasteiger partial charge on any atom is 0.328 e. The second-order valence-corrected chi connectivity index (χ2v) is 5.59. The van der Waals surface area contributed by atoms with Crippen LogP contribution in [0.4, 0.5) is 0 Å². The molecule has 0 radical (unpaired) electrons. The van der Waals surface area contributed by atoms with Crippen LogP contribution >= 0.6 is 0 Å². The van der Waals surface area contributed by atoms with Crippen LogP contribution in [0.2, 0.25) is 0 Å². The van der Waals surface area contributed by atoms with Crippen LogP contribution in [0.3, 0.4) is 0 Å². The molecule has 2 rings (SSSR count). The van der Waals surface area contributed by atoms with Gasteiger partial charge in [-0.3, -0.25) is 14.2 Å². The lowest BCUT2D eigenvalue weighted by molar-refractivity contribution is -0.124. The van der Waals surface area contributed by atoms with Crippen LogP contribution in [0.5, 0.6) is 11.5 Å². The van der Waals surface area contributed by atoms with E-state index >= 15 is 0 Å². The van der Waals surface area contributed by atoms with Gasteiger partial charge in [-0.1, -0.05) is 13.8 Å². The van der Waals surface area contributed by atoms with Gasteiger partial charge in [0.05, 0.1) is 25.1 Å². The highest BCUT2D eigenvalue weighted by molar-refractivity contribution is 5.81. The molecule has 1 heterocycles. The molecule has 8 nitrogen and oxygen atoms in total. The number of nitrogens with zero attached hydrogens (tertiary/aromatic N) is 1. The first-order chi connectivity index (χ1) is 11.4. The van der Waals surface area contributed by atoms with Crippen LogP contribution in [0.25, 0.3) is 10.9 Å². The summed E-state index contributed by atoms with van der Waals surface area (Å²) in [6, 6.07) is 3.07. The molecule has 130 valence electrons. The smallest absolute Gasteiger partial charge is 0.328 e. The van der Waals surface area contributed by atoms with Gasteiger partial charge in [0.2, 0.25) is 5.91 Å². The summed E-state index contributed by atoms with van der Waals surface area (Å²) in [5.41, 5.74) is -0.628. The van der Waals surface area contributed by atoms with Crippen LogP contribution in [0, 0.1) is 5.92 Å². The number of benzene rings is 1. The first-order valence-electron chi connectivity index (χ1n) is 7.55. The van der Waals surface area contributed by atoms with Crippen molar-refractivity contribution in [1.29, 1.82) is 0 Å². The number of rotatable bonds is 6. The lowest BCUT2D eigenvalue weighted by atomic mass is 10.2. The van der Waals surface area contributed by atoms with E-state index in [2.05, 4.69) is 10.3 Å². The molecule has 0 fully saturated rings. The number of nitrogens with one attached hydrogen (secondary N) is 2. The van der Waals surface area contributed by atoms with Gasteiger partial charge < -0.3 is 19.8 Å². The highest BCUT2D eigenvalue weighted by Crippen LogP contribution is 2.29. The van der Waals surface area contributed by atoms with E-state index in [0.717, 1.165) is 4.57 Å². The maximum absolute atomic E-state index is 12.6. The number of hydrogen-bond acceptors (Lipinski definition) is 5. The maximum atomic E-state index is 12.6. The summed E-state index contributed by atoms with van der Waals surface area (Å²) in [4.78, 5) is 38.9. The van der Waals surface area contributed by atoms with Crippen molar-refractivity contribution in [3.05, 3.63) is 33.0 Å². The molecule has 0 aliphatic carbocycles. The fourth-order valence-corrected chi connectivity index (χ4v) is 2.28. The van der Waals surface area contributed by atoms with E-state index in [1.165, 1.54) is 20.3 Å². The van der Waals surface area contributed by atoms with E-state index in [4.69, 9.17) is 9.47 Å². The van der Waals surface area contributed by atoms with Crippen LogP contribution in [0.15, 0.2) is 21.7 Å². The fourth-order valence-electron chi connectivity index (χ4n) is 2.28. The van der Waals surface area contributed by atoms with Crippen LogP contribution in [-0.2, 0) is 11.3 Å². The van der Waals surface area contributed by atoms with Gasteiger partial charge in [-0.05, 0) is 6.07 Å². The molecule has 0 spiro atoms. The predicted molar refractivity (Wildman–Crippen MR) is 89.8 cm³/mol. The van der Waals surface area contributed by atoms with Gasteiger partial charge in [0, 0.05) is 25.1 Å². The van der Waals surface area contributed by atoms with Crippen molar-refractivity contribution in [1.82, 2.24) is 14.9 Å². The van der Waals surface area contributed by atoms with Gasteiger partial charge in [-0.2, -0.15) is 0 Å². The van der Waals surface area contributed by atoms with E-state index in [1.807, 2.05) is 0 Å². The number of carbonyl (C=O) groups excluding carboxylic acids is 1. The second-order valence-electron chi connectivity index (χ2n) is 5.59. The third kappa shape index (κ3) is 3.42. The number of fused-ring (bicyclic) bond motifs is 1. The van der Waals surface area contributed by atoms with E-state index in [0.29, 0.717) is 22.4 Å². The van der Waals surface area contributed by atoms with Gasteiger partial charge in [0.1, 0.15) is 0 Å². The van der Waals surface area contributed by atoms with E-state index in [9.17, 15) is 14.4 Å². The molecule has 0 saturated heterocycles. The molecule has 0 aliphatic heterocycles. The molecule has 0 bridgehead atoms. The summed E-state index contributed by atoms with van der Waals surface area (Å²) in [6.07, 6.45) is 0. The van der Waals surface area contributed by atoms with Gasteiger partial charge in [-0.15, -0.1) is 0 Å². The number of hydrogen-bond donors (Lipinski definition) is 2. The molecule has 0 saturated carbocycles. The van der Waals surface area contributed by atoms with Crippen LogP contribution in [-0.4, -0.2) is 36.2 Å². The minimum atomic E-state index is -0.543. The SMILES string of the molecule is COc1cc2[nH]c(=O)n(CCNC(=O)C(C)C)c(=O)c2cc1OC. The van der Waals surface area contributed by atoms with E-state index in [-0.39, 0.29) is 24.9 Å². The lowest BCUT2D eigenvalue weighted by Crippen LogP contribution is -2.39. The predicted octanol–water partition coefficient (Wildman–Crippen LogP) is 0.479. The van der Waals surface area contributed by atoms with Crippen molar-refractivity contribution in [2.75, 3.05) is 20.8 Å². The quantitative estimate of drug-likeness (QED) is 0.799. The van der Waals surface area contributed by atoms with Crippen molar-refractivity contribution in [3.63, 3.8) is 0 Å². The Morgan fingerprint density at radius 1 is 1.21 bits per heavy atom. The molecule has 2 aromatic rings. The molecular formula is C16H21N3O5. The second kappa shape index (κ2) is 7.20. The average molecular weight is 335 g/mol. The highest BCUT2D eigenvalue weighted by atomic mass is 16.5. The molecule has 1 aromatic carbocycles. The summed E-state index contributed by atoms with van der Waals surface area (Å²) in [6.45, 7) is 3.81. The van der Waals surface area contributed by atoms with E-state index < -0.39 is 11.2 Å². The van der Waals surface area contributed by atoms with Gasteiger partial charge in [0.15, 0.2) is 11.5 Å². The minimum absolute atomic E-state index is 0.0803. The van der Waals surface area contributed by atoms with Gasteiger partial charge in [-0.25, -0.2) is 4.79 Å². The normalized spacial score (nSPS) is 10.9. The number of methoxy groups -OCH3 is 2. The van der Waals surface area contributed by atoms with Crippen molar-refractivity contribution in [3.8, 4) is 11.5 Å². The molecule has 8 heteroatoms. The van der Waals surface area contributed by atoms with Crippen molar-refractivity contribution >= 4 is 16.8 Å². The van der Waals surface area contributed by atoms with Crippen molar-refractivity contribution in [2.45, 2.75) is 20.4 Å². The first kappa shape index (κ1) is 17.6. The number of H-pyrrole nitrogens is 1. The topological polar surface area (TPSA) is 102 Å². The monoisotopic (exact) mass is 335 g/mol. The largest absolute Gasteiger partial charge is 0.493 e. The van der Waals surface area contributed by atoms with Crippen LogP contribution < -0.4 is 26.0 Å². The molecule has 24 heavy (non-hydrogen) atoms. The standard InChI is InChI=1S/C16H21N3O5/c1-9(2)14(20)17-5-6-19-15(21)10-7-12(23-3)13(24-4)8-11(10)18-16(19)22/h7-9H,5-6H2,1-4H3,(H,17,20)(H,18,22). The number of amides is 1. The zero-order valence-corrected chi connectivity index (χ0v) is 14.1. The Bertz CT molecular complexity index is 866. The van der Waals surface area contributed by atoms with Crippen molar-refractivity contribution in [2.24, 2.45) is 5.92 Å². The molecule has 0 aliphatic rings. The Morgan fingerprint density at radius 2 is 1.83 bits per heavy atom. The number of aromatic amines is 1. The molecule has 1 amide bonds. The van der Waals surface area contributed by atoms with Gasteiger partial charge in [0.25, 0.3) is 5.56 Å². The number of aromatic nitrogens is 2. The third-order valence-electron chi connectivity index (χ3n) is 3.65. The summed E-state index contributed by atoms with van der Waals surface area (Å²) in [5, 5.41) is 2.99. The molecule has 0 unspecified atom stereocenters. The molecule has 0 atom stereocenters. The lowest BCUT2D eigenvalue weighted by Gasteiger charge is -2.11. The van der Waals surface area contributed by atoms with Crippen LogP contribution in [0.1, 0.15) is 13.8 Å². The highest BCUT2D eigenvalue weighted by Gasteiger charge is 2.13. The fraction of sp³-hybridized carbons (Fsp3) is 0.438. The average Bonchev–Trinajstić information content (AvgIpc) is 2.56. The first-order valence-corrected chi connectivity index (χ1v) is 7.55. The summed E-state index contributed by atoms with van der Waals surface area (Å²) < 4.78 is 11.4. The zero-order valence-electron chi connectivity index (χ0n) is 14.1.